The van der Waals surface area contributed by atoms with Crippen molar-refractivity contribution in [2.45, 2.75) is 13.1 Å². The molecule has 194 valence electrons. The maximum absolute atomic E-state index is 11.7. The molecule has 0 aliphatic carbocycles. The first-order valence-electron chi connectivity index (χ1n) is 13.3. The van der Waals surface area contributed by atoms with E-state index in [2.05, 4.69) is 9.98 Å². The van der Waals surface area contributed by atoms with E-state index < -0.39 is 0 Å². The number of benzene rings is 6. The fourth-order valence-electron chi connectivity index (χ4n) is 5.09. The normalized spacial score (nSPS) is 11.7. The minimum absolute atomic E-state index is 0.0781. The van der Waals surface area contributed by atoms with Crippen LogP contribution in [0.3, 0.4) is 0 Å². The fourth-order valence-corrected chi connectivity index (χ4v) is 5.09. The summed E-state index contributed by atoms with van der Waals surface area (Å²) in [7, 11) is 0. The van der Waals surface area contributed by atoms with Crippen molar-refractivity contribution < 1.29 is 10.2 Å². The van der Waals surface area contributed by atoms with Gasteiger partial charge in [0.15, 0.2) is 0 Å². The first kappa shape index (κ1) is 25.1. The minimum Gasteiger partial charge on any atom is -0.507 e. The summed E-state index contributed by atoms with van der Waals surface area (Å²) in [6, 6.07) is 39.7. The van der Waals surface area contributed by atoms with E-state index in [1.54, 1.807) is 12.4 Å². The number of nitrogens with zero attached hydrogens (tertiary/aromatic N) is 2. The van der Waals surface area contributed by atoms with Crippen LogP contribution < -0.4 is 0 Å². The predicted octanol–water partition coefficient (Wildman–Crippen LogP) is 8.31. The summed E-state index contributed by atoms with van der Waals surface area (Å²) < 4.78 is 0. The molecule has 6 aromatic carbocycles. The number of rotatable bonds is 7. The Kier molecular flexibility index (Phi) is 7.06. The molecular weight excluding hydrogens is 492 g/mol. The van der Waals surface area contributed by atoms with Gasteiger partial charge in [-0.2, -0.15) is 0 Å². The number of aliphatic imine (C=N–C) groups is 2. The molecule has 4 heteroatoms. The lowest BCUT2D eigenvalue weighted by Crippen LogP contribution is -1.95. The molecule has 0 amide bonds. The average molecular weight is 521 g/mol. The number of aromatic hydroxyl groups is 2. The molecule has 4 nitrogen and oxygen atoms in total. The Labute approximate surface area is 233 Å². The summed E-state index contributed by atoms with van der Waals surface area (Å²) in [5.41, 5.74) is 4.51. The lowest BCUT2D eigenvalue weighted by atomic mass is 9.89. The Morgan fingerprint density at radius 1 is 0.475 bits per heavy atom. The summed E-state index contributed by atoms with van der Waals surface area (Å²) in [6.07, 6.45) is 3.42. The standard InChI is InChI=1S/C36H28N2O2/c39-35-29(23-37-21-25-11-3-1-4-12-25)19-27-15-7-9-17-31(27)33(35)34-32-18-10-8-16-28(32)20-30(36(34)40)24-38-22-26-13-5-2-6-14-26/h1-20,23-24,39-40H,21-22H2. The van der Waals surface area contributed by atoms with Gasteiger partial charge in [0.25, 0.3) is 0 Å². The molecule has 0 spiro atoms. The largest absolute Gasteiger partial charge is 0.507 e. The molecular formula is C36H28N2O2. The van der Waals surface area contributed by atoms with E-state index in [1.807, 2.05) is 121 Å². The Balaban J connectivity index is 1.51. The third-order valence-corrected chi connectivity index (χ3v) is 7.05. The summed E-state index contributed by atoms with van der Waals surface area (Å²) in [4.78, 5) is 9.23. The maximum Gasteiger partial charge on any atom is 0.132 e. The van der Waals surface area contributed by atoms with Crippen molar-refractivity contribution in [1.82, 2.24) is 0 Å². The summed E-state index contributed by atoms with van der Waals surface area (Å²) in [5, 5.41) is 27.0. The van der Waals surface area contributed by atoms with E-state index in [-0.39, 0.29) is 11.5 Å². The van der Waals surface area contributed by atoms with E-state index >= 15 is 0 Å². The molecule has 0 aliphatic heterocycles. The first-order chi connectivity index (χ1) is 19.7. The number of phenolic OH excluding ortho intramolecular Hbond substituents is 2. The van der Waals surface area contributed by atoms with Crippen LogP contribution in [-0.4, -0.2) is 22.6 Å². The fraction of sp³-hybridized carbons (Fsp3) is 0.0556. The monoisotopic (exact) mass is 520 g/mol. The molecule has 0 saturated heterocycles. The van der Waals surface area contributed by atoms with Crippen molar-refractivity contribution in [1.29, 1.82) is 0 Å². The minimum atomic E-state index is 0.0781. The van der Waals surface area contributed by atoms with Gasteiger partial charge in [-0.05, 0) is 44.8 Å². The van der Waals surface area contributed by atoms with Crippen molar-refractivity contribution >= 4 is 34.0 Å². The Morgan fingerprint density at radius 3 is 1.27 bits per heavy atom. The second-order valence-electron chi connectivity index (χ2n) is 9.73. The topological polar surface area (TPSA) is 65.2 Å². The van der Waals surface area contributed by atoms with E-state index in [4.69, 9.17) is 0 Å². The van der Waals surface area contributed by atoms with Crippen LogP contribution in [0, 0.1) is 0 Å². The van der Waals surface area contributed by atoms with Crippen molar-refractivity contribution in [2.24, 2.45) is 9.98 Å². The van der Waals surface area contributed by atoms with E-state index in [0.29, 0.717) is 35.3 Å². The molecule has 0 saturated carbocycles. The molecule has 0 bridgehead atoms. The second-order valence-corrected chi connectivity index (χ2v) is 9.73. The van der Waals surface area contributed by atoms with Crippen molar-refractivity contribution in [3.8, 4) is 22.6 Å². The highest BCUT2D eigenvalue weighted by Gasteiger charge is 2.21. The lowest BCUT2D eigenvalue weighted by molar-refractivity contribution is 0.469. The summed E-state index contributed by atoms with van der Waals surface area (Å²) >= 11 is 0. The molecule has 6 rings (SSSR count). The van der Waals surface area contributed by atoms with Crippen LogP contribution in [0.1, 0.15) is 22.3 Å². The molecule has 0 unspecified atom stereocenters. The molecule has 0 fully saturated rings. The van der Waals surface area contributed by atoms with Gasteiger partial charge in [0.1, 0.15) is 11.5 Å². The molecule has 6 aromatic rings. The zero-order valence-electron chi connectivity index (χ0n) is 21.9. The average Bonchev–Trinajstić information content (AvgIpc) is 2.99. The maximum atomic E-state index is 11.7. The van der Waals surface area contributed by atoms with Gasteiger partial charge in [0.05, 0.1) is 13.1 Å². The number of hydrogen-bond donors (Lipinski definition) is 2. The van der Waals surface area contributed by atoms with Crippen LogP contribution in [0.4, 0.5) is 0 Å². The third kappa shape index (κ3) is 5.07. The molecule has 0 aliphatic rings. The van der Waals surface area contributed by atoms with Gasteiger partial charge in [0.2, 0.25) is 0 Å². The zero-order chi connectivity index (χ0) is 27.3. The van der Waals surface area contributed by atoms with Crippen molar-refractivity contribution in [3.63, 3.8) is 0 Å². The number of phenols is 2. The number of hydrogen-bond acceptors (Lipinski definition) is 4. The Morgan fingerprint density at radius 2 is 0.850 bits per heavy atom. The van der Waals surface area contributed by atoms with Gasteiger partial charge in [-0.15, -0.1) is 0 Å². The molecule has 0 radical (unpaired) electrons. The number of fused-ring (bicyclic) bond motifs is 2. The van der Waals surface area contributed by atoms with E-state index in [9.17, 15) is 10.2 Å². The van der Waals surface area contributed by atoms with Gasteiger partial charge < -0.3 is 10.2 Å². The predicted molar refractivity (Wildman–Crippen MR) is 166 cm³/mol. The van der Waals surface area contributed by atoms with Crippen LogP contribution in [-0.2, 0) is 13.1 Å². The highest BCUT2D eigenvalue weighted by molar-refractivity contribution is 6.14. The molecule has 40 heavy (non-hydrogen) atoms. The highest BCUT2D eigenvalue weighted by Crippen LogP contribution is 2.47. The highest BCUT2D eigenvalue weighted by atomic mass is 16.3. The molecule has 2 N–H and O–H groups in total. The van der Waals surface area contributed by atoms with Gasteiger partial charge in [-0.25, -0.2) is 0 Å². The Bertz CT molecular complexity index is 1720. The third-order valence-electron chi connectivity index (χ3n) is 7.05. The van der Waals surface area contributed by atoms with Gasteiger partial charge in [-0.3, -0.25) is 9.98 Å². The van der Waals surface area contributed by atoms with Crippen LogP contribution in [0.2, 0.25) is 0 Å². The molecule has 0 atom stereocenters. The van der Waals surface area contributed by atoms with Gasteiger partial charge >= 0.3 is 0 Å². The van der Waals surface area contributed by atoms with Crippen molar-refractivity contribution in [2.75, 3.05) is 0 Å². The molecule has 0 heterocycles. The van der Waals surface area contributed by atoms with E-state index in [1.165, 1.54) is 0 Å². The first-order valence-corrected chi connectivity index (χ1v) is 13.3. The van der Waals surface area contributed by atoms with Crippen LogP contribution in [0.15, 0.2) is 131 Å². The molecule has 0 aromatic heterocycles. The zero-order valence-corrected chi connectivity index (χ0v) is 21.9. The van der Waals surface area contributed by atoms with Crippen LogP contribution >= 0.6 is 0 Å². The summed E-state index contributed by atoms with van der Waals surface area (Å²) in [5.74, 6) is 0.156. The van der Waals surface area contributed by atoms with Crippen LogP contribution in [0.25, 0.3) is 32.7 Å². The Hall–Kier alpha value is -5.22. The smallest absolute Gasteiger partial charge is 0.132 e. The SMILES string of the molecule is Oc1c(C=NCc2ccccc2)cc2ccccc2c1-c1c(O)c(C=NCc2ccccc2)cc2ccccc12. The van der Waals surface area contributed by atoms with Gasteiger partial charge in [-0.1, -0.05) is 109 Å². The second kappa shape index (κ2) is 11.3. The summed E-state index contributed by atoms with van der Waals surface area (Å²) in [6.45, 7) is 1.01. The lowest BCUT2D eigenvalue weighted by Gasteiger charge is -2.17. The quantitative estimate of drug-likeness (QED) is 0.208. The van der Waals surface area contributed by atoms with Gasteiger partial charge in [0, 0.05) is 34.7 Å². The van der Waals surface area contributed by atoms with Crippen LogP contribution in [0.5, 0.6) is 11.5 Å². The van der Waals surface area contributed by atoms with Crippen molar-refractivity contribution in [3.05, 3.63) is 144 Å². The van der Waals surface area contributed by atoms with E-state index in [0.717, 1.165) is 32.7 Å².